The maximum atomic E-state index is 6.59. The molecule has 11 rings (SSSR count). The van der Waals surface area contributed by atoms with Gasteiger partial charge >= 0.3 is 0 Å². The Morgan fingerprint density at radius 2 is 1.17 bits per heavy atom. The van der Waals surface area contributed by atoms with E-state index in [1.165, 1.54) is 44.2 Å². The average molecular weight is 695 g/mol. The summed E-state index contributed by atoms with van der Waals surface area (Å²) in [6.45, 7) is 4.71. The summed E-state index contributed by atoms with van der Waals surface area (Å²) in [5.74, 6) is 0.588. The van der Waals surface area contributed by atoms with Crippen molar-refractivity contribution in [2.75, 3.05) is 4.90 Å². The Bertz CT molecular complexity index is 3060. The van der Waals surface area contributed by atoms with E-state index in [1.807, 2.05) is 36.4 Å². The Hall–Kier alpha value is -6.91. The van der Waals surface area contributed by atoms with Gasteiger partial charge in [-0.05, 0) is 105 Å². The van der Waals surface area contributed by atoms with Crippen LogP contribution >= 0.6 is 0 Å². The maximum Gasteiger partial charge on any atom is 0.228 e. The van der Waals surface area contributed by atoms with Crippen molar-refractivity contribution in [1.29, 1.82) is 0 Å². The minimum atomic E-state index is -0.201. The first-order valence-corrected chi connectivity index (χ1v) is 18.5. The normalized spacial score (nSPS) is 13.1. The number of para-hydroxylation sites is 3. The number of aromatic nitrogens is 1. The third-order valence-electron chi connectivity index (χ3n) is 11.3. The summed E-state index contributed by atoms with van der Waals surface area (Å²) in [4.78, 5) is 7.15. The fraction of sp³-hybridized carbons (Fsp3) is 0.0600. The van der Waals surface area contributed by atoms with Gasteiger partial charge < -0.3 is 13.7 Å². The van der Waals surface area contributed by atoms with Crippen LogP contribution in [0.5, 0.6) is 0 Å². The highest BCUT2D eigenvalue weighted by Crippen LogP contribution is 2.54. The number of hydrogen-bond donors (Lipinski definition) is 0. The lowest BCUT2D eigenvalue weighted by molar-refractivity contribution is 0.620. The van der Waals surface area contributed by atoms with E-state index in [0.717, 1.165) is 55.7 Å². The number of benzene rings is 8. The molecule has 0 saturated heterocycles. The van der Waals surface area contributed by atoms with Crippen LogP contribution in [-0.4, -0.2) is 4.98 Å². The Morgan fingerprint density at radius 1 is 0.463 bits per heavy atom. The van der Waals surface area contributed by atoms with Crippen molar-refractivity contribution in [3.8, 4) is 33.7 Å². The van der Waals surface area contributed by atoms with Gasteiger partial charge in [-0.25, -0.2) is 4.98 Å². The summed E-state index contributed by atoms with van der Waals surface area (Å²) in [6, 6.07) is 60.2. The minimum Gasteiger partial charge on any atom is -0.456 e. The highest BCUT2D eigenvalue weighted by atomic mass is 16.3. The molecule has 0 aliphatic heterocycles. The lowest BCUT2D eigenvalue weighted by atomic mass is 9.81. The second-order valence-corrected chi connectivity index (χ2v) is 14.7. The Labute approximate surface area is 312 Å². The largest absolute Gasteiger partial charge is 0.456 e. The van der Waals surface area contributed by atoms with Crippen LogP contribution in [0.4, 0.5) is 17.1 Å². The van der Waals surface area contributed by atoms with Crippen molar-refractivity contribution in [2.24, 2.45) is 0 Å². The molecule has 0 unspecified atom stereocenters. The topological polar surface area (TPSA) is 42.4 Å². The highest BCUT2D eigenvalue weighted by molar-refractivity contribution is 6.12. The zero-order chi connectivity index (χ0) is 36.0. The summed E-state index contributed by atoms with van der Waals surface area (Å²) in [6.07, 6.45) is 0. The van der Waals surface area contributed by atoms with Crippen LogP contribution in [0.15, 0.2) is 179 Å². The molecule has 10 aromatic rings. The van der Waals surface area contributed by atoms with Gasteiger partial charge in [-0.2, -0.15) is 0 Å². The Balaban J connectivity index is 1.06. The van der Waals surface area contributed by atoms with Crippen molar-refractivity contribution in [1.82, 2.24) is 4.98 Å². The van der Waals surface area contributed by atoms with Crippen molar-refractivity contribution >= 4 is 60.9 Å². The van der Waals surface area contributed by atoms with E-state index in [0.29, 0.717) is 5.89 Å². The fourth-order valence-corrected chi connectivity index (χ4v) is 8.74. The van der Waals surface area contributed by atoms with Gasteiger partial charge in [0.1, 0.15) is 16.7 Å². The molecule has 256 valence electrons. The van der Waals surface area contributed by atoms with E-state index in [9.17, 15) is 0 Å². The molecule has 4 heteroatoms. The van der Waals surface area contributed by atoms with Gasteiger partial charge in [-0.15, -0.1) is 0 Å². The number of oxazole rings is 1. The molecule has 2 aromatic heterocycles. The molecule has 1 aliphatic rings. The van der Waals surface area contributed by atoms with Crippen LogP contribution in [-0.2, 0) is 5.41 Å². The predicted molar refractivity (Wildman–Crippen MR) is 222 cm³/mol. The molecule has 0 N–H and O–H groups in total. The van der Waals surface area contributed by atoms with Gasteiger partial charge in [-0.1, -0.05) is 117 Å². The molecule has 0 saturated carbocycles. The van der Waals surface area contributed by atoms with Crippen molar-refractivity contribution in [3.63, 3.8) is 0 Å². The van der Waals surface area contributed by atoms with Crippen molar-refractivity contribution in [3.05, 3.63) is 181 Å². The lowest BCUT2D eigenvalue weighted by Crippen LogP contribution is -2.16. The van der Waals surface area contributed by atoms with E-state index in [1.54, 1.807) is 0 Å². The molecule has 0 bridgehead atoms. The van der Waals surface area contributed by atoms with E-state index in [-0.39, 0.29) is 5.41 Å². The predicted octanol–water partition coefficient (Wildman–Crippen LogP) is 14.0. The van der Waals surface area contributed by atoms with Gasteiger partial charge in [0.15, 0.2) is 5.58 Å². The van der Waals surface area contributed by atoms with Gasteiger partial charge in [0, 0.05) is 44.9 Å². The summed E-state index contributed by atoms with van der Waals surface area (Å²) in [5.41, 5.74) is 14.9. The minimum absolute atomic E-state index is 0.201. The van der Waals surface area contributed by atoms with Gasteiger partial charge in [0.05, 0.1) is 0 Å². The molecular formula is C50H34N2O2. The molecule has 0 fully saturated rings. The lowest BCUT2D eigenvalue weighted by Gasteiger charge is -2.28. The van der Waals surface area contributed by atoms with Gasteiger partial charge in [0.2, 0.25) is 5.89 Å². The van der Waals surface area contributed by atoms with Crippen LogP contribution in [0, 0.1) is 0 Å². The highest BCUT2D eigenvalue weighted by Gasteiger charge is 2.37. The van der Waals surface area contributed by atoms with E-state index in [4.69, 9.17) is 13.8 Å². The first-order valence-electron chi connectivity index (χ1n) is 18.5. The zero-order valence-electron chi connectivity index (χ0n) is 29.9. The van der Waals surface area contributed by atoms with Gasteiger partial charge in [-0.3, -0.25) is 0 Å². The summed E-state index contributed by atoms with van der Waals surface area (Å²) >= 11 is 0. The Kier molecular flexibility index (Phi) is 6.56. The third kappa shape index (κ3) is 4.53. The molecule has 0 spiro atoms. The van der Waals surface area contributed by atoms with Crippen LogP contribution in [0.25, 0.3) is 77.5 Å². The second-order valence-electron chi connectivity index (χ2n) is 14.7. The monoisotopic (exact) mass is 694 g/mol. The summed E-state index contributed by atoms with van der Waals surface area (Å²) in [7, 11) is 0. The summed E-state index contributed by atoms with van der Waals surface area (Å²) in [5, 5.41) is 4.54. The molecule has 0 atom stereocenters. The fourth-order valence-electron chi connectivity index (χ4n) is 8.74. The van der Waals surface area contributed by atoms with Gasteiger partial charge in [0.25, 0.3) is 0 Å². The standard InChI is InChI=1S/C50H34N2O2/c1-50(2)41-21-11-19-37(36-18-10-14-31-13-6-7-17-35(31)36)47(41)38-27-25-33(29-42(38)50)52(32-15-4-3-5-16-32)34-26-28-39-46(30-34)53-45-24-12-20-40(48(39)45)49-51-43-22-8-9-23-44(43)54-49/h3-30H,1-2H3. The third-order valence-corrected chi connectivity index (χ3v) is 11.3. The number of nitrogens with zero attached hydrogens (tertiary/aromatic N) is 2. The number of anilines is 3. The number of rotatable bonds is 5. The van der Waals surface area contributed by atoms with Crippen molar-refractivity contribution < 1.29 is 8.83 Å². The van der Waals surface area contributed by atoms with Crippen LogP contribution in [0.3, 0.4) is 0 Å². The van der Waals surface area contributed by atoms with Crippen LogP contribution in [0.2, 0.25) is 0 Å². The second kappa shape index (κ2) is 11.5. The first kappa shape index (κ1) is 30.7. The van der Waals surface area contributed by atoms with Crippen molar-refractivity contribution in [2.45, 2.75) is 19.3 Å². The smallest absolute Gasteiger partial charge is 0.228 e. The SMILES string of the molecule is CC1(C)c2cc(N(c3ccccc3)c3ccc4c(c3)oc3cccc(-c5nc6ccccc6o5)c34)ccc2-c2c(-c3cccc4ccccc34)cccc21. The Morgan fingerprint density at radius 3 is 2.07 bits per heavy atom. The molecule has 2 heterocycles. The molecule has 0 amide bonds. The van der Waals surface area contributed by atoms with Crippen LogP contribution < -0.4 is 4.90 Å². The van der Waals surface area contributed by atoms with E-state index < -0.39 is 0 Å². The average Bonchev–Trinajstić information content (AvgIpc) is 3.88. The molecule has 8 aromatic carbocycles. The number of hydrogen-bond acceptors (Lipinski definition) is 4. The maximum absolute atomic E-state index is 6.59. The molecule has 0 radical (unpaired) electrons. The molecule has 54 heavy (non-hydrogen) atoms. The van der Waals surface area contributed by atoms with Crippen LogP contribution in [0.1, 0.15) is 25.0 Å². The quantitative estimate of drug-likeness (QED) is 0.180. The summed E-state index contributed by atoms with van der Waals surface area (Å²) < 4.78 is 12.8. The zero-order valence-corrected chi connectivity index (χ0v) is 29.9. The first-order chi connectivity index (χ1) is 26.5. The number of fused-ring (bicyclic) bond motifs is 8. The molecule has 4 nitrogen and oxygen atoms in total. The van der Waals surface area contributed by atoms with E-state index in [2.05, 4.69) is 152 Å². The molecular weight excluding hydrogens is 661 g/mol. The van der Waals surface area contributed by atoms with E-state index >= 15 is 0 Å². The molecule has 1 aliphatic carbocycles. The number of furan rings is 1.